The highest BCUT2D eigenvalue weighted by Crippen LogP contribution is 2.31. The van der Waals surface area contributed by atoms with Gasteiger partial charge in [0.15, 0.2) is 0 Å². The Balaban J connectivity index is 1.75. The predicted molar refractivity (Wildman–Crippen MR) is 122 cm³/mol. The maximum atomic E-state index is 13.2. The van der Waals surface area contributed by atoms with E-state index in [0.29, 0.717) is 11.3 Å². The smallest absolute Gasteiger partial charge is 0.335 e. The molecule has 8 heteroatoms. The molecule has 1 aromatic heterocycles. The van der Waals surface area contributed by atoms with Crippen molar-refractivity contribution in [2.24, 2.45) is 0 Å². The summed E-state index contributed by atoms with van der Waals surface area (Å²) in [6, 6.07) is 15.3. The van der Waals surface area contributed by atoms with Crippen LogP contribution in [0.25, 0.3) is 11.8 Å². The van der Waals surface area contributed by atoms with Crippen LogP contribution in [0.5, 0.6) is 5.75 Å². The SMILES string of the molecule is COc1ccc(N2C(=O)NC(=O)/C(=C/c3cc(C)n(-c4ccccc4)c3C)C2=O)cc1Cl. The summed E-state index contributed by atoms with van der Waals surface area (Å²) >= 11 is 6.16. The van der Waals surface area contributed by atoms with E-state index in [1.54, 1.807) is 6.07 Å². The first-order chi connectivity index (χ1) is 15.3. The maximum absolute atomic E-state index is 13.2. The molecule has 0 aliphatic carbocycles. The van der Waals surface area contributed by atoms with Crippen LogP contribution in [0.3, 0.4) is 0 Å². The number of aromatic nitrogens is 1. The molecule has 4 amide bonds. The van der Waals surface area contributed by atoms with Gasteiger partial charge in [0, 0.05) is 17.1 Å². The van der Waals surface area contributed by atoms with Crippen LogP contribution in [-0.2, 0) is 9.59 Å². The Hall–Kier alpha value is -3.84. The molecule has 0 unspecified atom stereocenters. The molecule has 2 heterocycles. The molecule has 0 atom stereocenters. The quantitative estimate of drug-likeness (QED) is 0.472. The van der Waals surface area contributed by atoms with Gasteiger partial charge in [0.25, 0.3) is 11.8 Å². The second-order valence-corrected chi connectivity index (χ2v) is 7.68. The van der Waals surface area contributed by atoms with Crippen molar-refractivity contribution in [2.75, 3.05) is 12.0 Å². The van der Waals surface area contributed by atoms with Crippen molar-refractivity contribution < 1.29 is 19.1 Å². The van der Waals surface area contributed by atoms with Crippen molar-refractivity contribution in [1.29, 1.82) is 0 Å². The van der Waals surface area contributed by atoms with Crippen LogP contribution in [0.2, 0.25) is 5.02 Å². The highest BCUT2D eigenvalue weighted by atomic mass is 35.5. The van der Waals surface area contributed by atoms with Gasteiger partial charge >= 0.3 is 6.03 Å². The lowest BCUT2D eigenvalue weighted by atomic mass is 10.1. The number of urea groups is 1. The lowest BCUT2D eigenvalue weighted by Gasteiger charge is -2.26. The van der Waals surface area contributed by atoms with Crippen LogP contribution in [0.1, 0.15) is 17.0 Å². The number of ether oxygens (including phenoxy) is 1. The highest BCUT2D eigenvalue weighted by molar-refractivity contribution is 6.39. The molecule has 32 heavy (non-hydrogen) atoms. The van der Waals surface area contributed by atoms with Gasteiger partial charge in [-0.15, -0.1) is 0 Å². The van der Waals surface area contributed by atoms with Gasteiger partial charge < -0.3 is 9.30 Å². The molecular weight excluding hydrogens is 430 g/mol. The zero-order valence-electron chi connectivity index (χ0n) is 17.7. The number of carbonyl (C=O) groups excluding carboxylic acids is 3. The number of anilines is 1. The number of imide groups is 2. The van der Waals surface area contributed by atoms with Gasteiger partial charge in [0.2, 0.25) is 0 Å². The fraction of sp³-hybridized carbons (Fsp3) is 0.125. The van der Waals surface area contributed by atoms with E-state index in [9.17, 15) is 14.4 Å². The average Bonchev–Trinajstić information content (AvgIpc) is 3.04. The van der Waals surface area contributed by atoms with Crippen LogP contribution in [0, 0.1) is 13.8 Å². The van der Waals surface area contributed by atoms with Crippen molar-refractivity contribution in [3.05, 3.63) is 82.1 Å². The summed E-state index contributed by atoms with van der Waals surface area (Å²) in [6.07, 6.45) is 1.50. The van der Waals surface area contributed by atoms with E-state index in [1.165, 1.54) is 25.3 Å². The summed E-state index contributed by atoms with van der Waals surface area (Å²) in [7, 11) is 1.46. The van der Waals surface area contributed by atoms with Gasteiger partial charge in [-0.3, -0.25) is 14.9 Å². The minimum Gasteiger partial charge on any atom is -0.495 e. The molecule has 0 radical (unpaired) electrons. The summed E-state index contributed by atoms with van der Waals surface area (Å²) in [5.41, 5.74) is 3.55. The van der Waals surface area contributed by atoms with E-state index in [1.807, 2.05) is 54.8 Å². The van der Waals surface area contributed by atoms with Crippen molar-refractivity contribution >= 4 is 41.2 Å². The molecule has 7 nitrogen and oxygen atoms in total. The van der Waals surface area contributed by atoms with E-state index < -0.39 is 17.8 Å². The molecule has 1 aliphatic heterocycles. The van der Waals surface area contributed by atoms with Gasteiger partial charge in [-0.25, -0.2) is 9.69 Å². The molecule has 0 spiro atoms. The number of barbiturate groups is 1. The minimum atomic E-state index is -0.840. The van der Waals surface area contributed by atoms with E-state index >= 15 is 0 Å². The molecule has 1 fully saturated rings. The molecule has 3 aromatic rings. The number of nitrogens with zero attached hydrogens (tertiary/aromatic N) is 2. The van der Waals surface area contributed by atoms with Crippen LogP contribution in [0.4, 0.5) is 10.5 Å². The Labute approximate surface area is 189 Å². The summed E-state index contributed by atoms with van der Waals surface area (Å²) in [6.45, 7) is 3.85. The molecule has 1 aliphatic rings. The summed E-state index contributed by atoms with van der Waals surface area (Å²) in [5.74, 6) is -1.08. The molecule has 162 valence electrons. The second kappa shape index (κ2) is 8.36. The number of hydrogen-bond donors (Lipinski definition) is 1. The summed E-state index contributed by atoms with van der Waals surface area (Å²) in [4.78, 5) is 39.1. The number of halogens is 1. The lowest BCUT2D eigenvalue weighted by molar-refractivity contribution is -0.122. The molecule has 2 aromatic carbocycles. The number of methoxy groups -OCH3 is 1. The van der Waals surface area contributed by atoms with E-state index in [2.05, 4.69) is 5.32 Å². The Bertz CT molecular complexity index is 1280. The van der Waals surface area contributed by atoms with Crippen LogP contribution in [0.15, 0.2) is 60.2 Å². The molecular formula is C24H20ClN3O4. The summed E-state index contributed by atoms with van der Waals surface area (Å²) in [5, 5.41) is 2.46. The van der Waals surface area contributed by atoms with Crippen molar-refractivity contribution in [3.8, 4) is 11.4 Å². The number of aryl methyl sites for hydroxylation is 1. The summed E-state index contributed by atoms with van der Waals surface area (Å²) < 4.78 is 7.15. The number of nitrogens with one attached hydrogen (secondary N) is 1. The Morgan fingerprint density at radius 2 is 1.69 bits per heavy atom. The van der Waals surface area contributed by atoms with Gasteiger partial charge in [0.1, 0.15) is 11.3 Å². The molecule has 4 rings (SSSR count). The number of hydrogen-bond acceptors (Lipinski definition) is 4. The maximum Gasteiger partial charge on any atom is 0.335 e. The number of rotatable bonds is 4. The van der Waals surface area contributed by atoms with Gasteiger partial charge in [-0.05, 0) is 61.9 Å². The highest BCUT2D eigenvalue weighted by Gasteiger charge is 2.37. The molecule has 1 N–H and O–H groups in total. The van der Waals surface area contributed by atoms with Gasteiger partial charge in [-0.2, -0.15) is 0 Å². The predicted octanol–water partition coefficient (Wildman–Crippen LogP) is 4.42. The number of amides is 4. The Morgan fingerprint density at radius 3 is 2.34 bits per heavy atom. The third-order valence-corrected chi connectivity index (χ3v) is 5.58. The van der Waals surface area contributed by atoms with Gasteiger partial charge in [-0.1, -0.05) is 29.8 Å². The monoisotopic (exact) mass is 449 g/mol. The minimum absolute atomic E-state index is 0.148. The van der Waals surface area contributed by atoms with Crippen LogP contribution < -0.4 is 15.0 Å². The fourth-order valence-corrected chi connectivity index (χ4v) is 4.00. The number of benzene rings is 2. The first-order valence-electron chi connectivity index (χ1n) is 9.81. The van der Waals surface area contributed by atoms with E-state index in [-0.39, 0.29) is 16.3 Å². The first-order valence-corrected chi connectivity index (χ1v) is 10.2. The number of para-hydroxylation sites is 1. The largest absolute Gasteiger partial charge is 0.495 e. The third-order valence-electron chi connectivity index (χ3n) is 5.28. The standard InChI is InChI=1S/C24H20ClN3O4/c1-14-11-16(15(2)27(14)17-7-5-4-6-8-17)12-19-22(29)26-24(31)28(23(19)30)18-9-10-21(32-3)20(25)13-18/h4-13H,1-3H3,(H,26,29,31)/b19-12-. The third kappa shape index (κ3) is 3.67. The number of carbonyl (C=O) groups is 3. The normalized spacial score (nSPS) is 15.3. The topological polar surface area (TPSA) is 80.6 Å². The van der Waals surface area contributed by atoms with Crippen molar-refractivity contribution in [3.63, 3.8) is 0 Å². The second-order valence-electron chi connectivity index (χ2n) is 7.27. The molecule has 1 saturated heterocycles. The lowest BCUT2D eigenvalue weighted by Crippen LogP contribution is -2.54. The van der Waals surface area contributed by atoms with Crippen molar-refractivity contribution in [1.82, 2.24) is 9.88 Å². The first kappa shape index (κ1) is 21.4. The molecule has 0 bridgehead atoms. The van der Waals surface area contributed by atoms with Crippen LogP contribution in [-0.4, -0.2) is 29.5 Å². The zero-order valence-corrected chi connectivity index (χ0v) is 18.4. The average molecular weight is 450 g/mol. The zero-order chi connectivity index (χ0) is 23.0. The van der Waals surface area contributed by atoms with E-state index in [4.69, 9.17) is 16.3 Å². The molecule has 0 saturated carbocycles. The fourth-order valence-electron chi connectivity index (χ4n) is 3.75. The van der Waals surface area contributed by atoms with Crippen LogP contribution >= 0.6 is 11.6 Å². The van der Waals surface area contributed by atoms with Crippen molar-refractivity contribution in [2.45, 2.75) is 13.8 Å². The Morgan fingerprint density at radius 1 is 0.969 bits per heavy atom. The van der Waals surface area contributed by atoms with Gasteiger partial charge in [0.05, 0.1) is 17.8 Å². The van der Waals surface area contributed by atoms with E-state index in [0.717, 1.165) is 22.0 Å². The Kier molecular flexibility index (Phi) is 5.59.